The number of phenolic OH excluding ortho intramolecular Hbond substituents is 1. The van der Waals surface area contributed by atoms with E-state index in [1.807, 2.05) is 0 Å². The van der Waals surface area contributed by atoms with Crippen LogP contribution in [0.15, 0.2) is 41.5 Å². The first kappa shape index (κ1) is 58.9. The van der Waals surface area contributed by atoms with E-state index in [0.29, 0.717) is 50.3 Å². The molecule has 0 bridgehead atoms. The topological polar surface area (TPSA) is 296 Å². The van der Waals surface area contributed by atoms with E-state index in [4.69, 9.17) is 38.7 Å². The molecule has 402 valence electrons. The number of amides is 5. The van der Waals surface area contributed by atoms with Crippen LogP contribution in [0.5, 0.6) is 11.5 Å². The number of nitrogens with one attached hydrogen (secondary N) is 3. The Labute approximate surface area is 425 Å². The summed E-state index contributed by atoms with van der Waals surface area (Å²) in [4.78, 5) is 99.5. The number of unbranched alkanes of at least 4 members (excludes halogenated alkanes) is 1. The summed E-state index contributed by atoms with van der Waals surface area (Å²) < 4.78 is 38.0. The number of carbonyl (C=O) groups is 7. The molecule has 4 rings (SSSR count). The number of ether oxygens (including phenoxy) is 7. The molecule has 2 heterocycles. The Morgan fingerprint density at radius 2 is 1.56 bits per heavy atom. The summed E-state index contributed by atoms with van der Waals surface area (Å²) in [5.74, 6) is -3.98. The number of carbonyl (C=O) groups excluding carboxylic acids is 7. The van der Waals surface area contributed by atoms with E-state index in [-0.39, 0.29) is 100 Å². The third-order valence-corrected chi connectivity index (χ3v) is 11.2. The van der Waals surface area contributed by atoms with Gasteiger partial charge in [0.2, 0.25) is 11.8 Å². The molecule has 23 heteroatoms. The summed E-state index contributed by atoms with van der Waals surface area (Å²) in [6.45, 7) is 12.6. The second kappa shape index (κ2) is 29.1. The molecule has 0 unspecified atom stereocenters. The molecule has 5 amide bonds. The number of anilines is 2. The number of esters is 1. The molecule has 2 aromatic rings. The van der Waals surface area contributed by atoms with Crippen molar-refractivity contribution in [3.8, 4) is 11.5 Å². The van der Waals surface area contributed by atoms with E-state index in [0.717, 1.165) is 6.42 Å². The van der Waals surface area contributed by atoms with Crippen molar-refractivity contribution < 1.29 is 71.8 Å². The Morgan fingerprint density at radius 3 is 2.22 bits per heavy atom. The SMILES string of the molecule is COc1cc2c(cc1O)N(C(=O)OCc1ccc(NC(=O)[C@H](CC(=O)OC(C)(C)C)CC(=O)[C@H](CCCCNC(=O)OC(C)(C)C)NC(=O)CCOCCOCCOCCN=[N+]=[N-])cc1)C[C@@H]1CCCN1C2=O. The van der Waals surface area contributed by atoms with Crippen LogP contribution in [0.1, 0.15) is 109 Å². The van der Waals surface area contributed by atoms with Gasteiger partial charge in [0.05, 0.1) is 82.4 Å². The Kier molecular flexibility index (Phi) is 23.5. The van der Waals surface area contributed by atoms with E-state index in [1.165, 1.54) is 24.1 Å². The van der Waals surface area contributed by atoms with Crippen LogP contribution < -0.4 is 25.6 Å². The fourth-order valence-corrected chi connectivity index (χ4v) is 7.84. The van der Waals surface area contributed by atoms with E-state index in [1.54, 1.807) is 70.7 Å². The van der Waals surface area contributed by atoms with Gasteiger partial charge in [0.25, 0.3) is 5.91 Å². The number of aromatic hydroxyl groups is 1. The van der Waals surface area contributed by atoms with Crippen molar-refractivity contribution in [2.24, 2.45) is 11.0 Å². The second-order valence-electron chi connectivity index (χ2n) is 19.4. The fourth-order valence-electron chi connectivity index (χ4n) is 7.84. The van der Waals surface area contributed by atoms with Crippen LogP contribution in [0.25, 0.3) is 10.4 Å². The van der Waals surface area contributed by atoms with Crippen LogP contribution in [0.4, 0.5) is 21.0 Å². The maximum absolute atomic E-state index is 14.1. The fraction of sp³-hybridized carbons (Fsp3) is 0.620. The van der Waals surface area contributed by atoms with Crippen LogP contribution in [-0.4, -0.2) is 148 Å². The Balaban J connectivity index is 1.39. The summed E-state index contributed by atoms with van der Waals surface area (Å²) in [6, 6.07) is 7.83. The van der Waals surface area contributed by atoms with Crippen LogP contribution in [0, 0.1) is 5.92 Å². The molecule has 0 saturated carbocycles. The molecule has 3 atom stereocenters. The average Bonchev–Trinajstić information content (AvgIpc) is 3.75. The van der Waals surface area contributed by atoms with Gasteiger partial charge in [-0.25, -0.2) is 9.59 Å². The molecular formula is C50H72N8O15. The van der Waals surface area contributed by atoms with Crippen molar-refractivity contribution in [2.75, 3.05) is 83.1 Å². The van der Waals surface area contributed by atoms with Gasteiger partial charge in [0.15, 0.2) is 17.3 Å². The maximum Gasteiger partial charge on any atom is 0.414 e. The Bertz CT molecular complexity index is 2240. The number of hydrogen-bond donors (Lipinski definition) is 4. The summed E-state index contributed by atoms with van der Waals surface area (Å²) in [6.07, 6.45) is 0.155. The predicted molar refractivity (Wildman–Crippen MR) is 266 cm³/mol. The van der Waals surface area contributed by atoms with Gasteiger partial charge in [-0.2, -0.15) is 0 Å². The normalized spacial score (nSPS) is 15.1. The number of rotatable bonds is 28. The lowest BCUT2D eigenvalue weighted by Crippen LogP contribution is -2.43. The average molecular weight is 1030 g/mol. The lowest BCUT2D eigenvalue weighted by atomic mass is 9.92. The van der Waals surface area contributed by atoms with Gasteiger partial charge < -0.3 is 59.1 Å². The predicted octanol–water partition coefficient (Wildman–Crippen LogP) is 6.34. The summed E-state index contributed by atoms with van der Waals surface area (Å²) in [7, 11) is 1.37. The lowest BCUT2D eigenvalue weighted by Gasteiger charge is -2.26. The molecule has 0 spiro atoms. The van der Waals surface area contributed by atoms with Crippen LogP contribution in [0.2, 0.25) is 0 Å². The number of phenols is 1. The minimum absolute atomic E-state index is 0.0271. The summed E-state index contributed by atoms with van der Waals surface area (Å²) in [5, 5.41) is 22.2. The minimum atomic E-state index is -1.21. The molecule has 2 aliphatic heterocycles. The molecule has 4 N–H and O–H groups in total. The van der Waals surface area contributed by atoms with Crippen LogP contribution in [0.3, 0.4) is 0 Å². The molecule has 23 nitrogen and oxygen atoms in total. The van der Waals surface area contributed by atoms with E-state index >= 15 is 0 Å². The maximum atomic E-state index is 14.1. The van der Waals surface area contributed by atoms with Gasteiger partial charge >= 0.3 is 18.2 Å². The first-order chi connectivity index (χ1) is 34.7. The highest BCUT2D eigenvalue weighted by atomic mass is 16.6. The number of benzene rings is 2. The molecule has 1 saturated heterocycles. The molecule has 2 aliphatic rings. The minimum Gasteiger partial charge on any atom is -0.504 e. The van der Waals surface area contributed by atoms with E-state index in [2.05, 4.69) is 26.0 Å². The van der Waals surface area contributed by atoms with E-state index in [9.17, 15) is 38.7 Å². The third kappa shape index (κ3) is 20.8. The molecular weight excluding hydrogens is 953 g/mol. The standard InChI is InChI=1S/C50H72N8O15/c1-49(2,3)72-44(62)28-34(27-40(59)38(12-8-9-18-52-47(65)73-50(4,5)6)55-43(61)17-21-68-23-25-70-26-24-69-22-19-53-56-51)45(63)54-35-15-13-33(14-16-35)32-71-48(66)58-31-36-11-10-20-57(36)46(64)37-29-42(67-7)41(60)30-39(37)58/h13-16,29-30,34,36,38,60H,8-12,17-28,31-32H2,1-7H3,(H,52,65)(H,54,63)(H,55,61)/t34-,36-,38-/m0/s1. The zero-order valence-corrected chi connectivity index (χ0v) is 43.0. The van der Waals surface area contributed by atoms with Crippen LogP contribution in [-0.2, 0) is 54.2 Å². The van der Waals surface area contributed by atoms with Crippen LogP contribution >= 0.6 is 0 Å². The van der Waals surface area contributed by atoms with Gasteiger partial charge in [-0.05, 0) is 103 Å². The monoisotopic (exact) mass is 1020 g/mol. The molecule has 0 aliphatic carbocycles. The van der Waals surface area contributed by atoms with Crippen molar-refractivity contribution in [2.45, 2.75) is 123 Å². The van der Waals surface area contributed by atoms with Crippen molar-refractivity contribution in [3.63, 3.8) is 0 Å². The molecule has 0 aromatic heterocycles. The number of fused-ring (bicyclic) bond motifs is 2. The smallest absolute Gasteiger partial charge is 0.414 e. The quantitative estimate of drug-likeness (QED) is 0.0181. The zero-order valence-electron chi connectivity index (χ0n) is 43.0. The summed E-state index contributed by atoms with van der Waals surface area (Å²) >= 11 is 0. The van der Waals surface area contributed by atoms with Gasteiger partial charge in [-0.15, -0.1) is 0 Å². The van der Waals surface area contributed by atoms with Gasteiger partial charge in [-0.3, -0.25) is 28.9 Å². The van der Waals surface area contributed by atoms with Gasteiger partial charge in [-0.1, -0.05) is 17.2 Å². The number of nitrogens with zero attached hydrogens (tertiary/aromatic N) is 5. The highest BCUT2D eigenvalue weighted by Crippen LogP contribution is 2.39. The number of alkyl carbamates (subject to hydrolysis) is 1. The van der Waals surface area contributed by atoms with E-state index < -0.39 is 71.8 Å². The molecule has 2 aromatic carbocycles. The lowest BCUT2D eigenvalue weighted by molar-refractivity contribution is -0.157. The van der Waals surface area contributed by atoms with Gasteiger partial charge in [0.1, 0.15) is 17.8 Å². The molecule has 0 radical (unpaired) electrons. The number of Topliss-reactive ketones (excluding diaryl/α,β-unsaturated/α-hetero) is 1. The first-order valence-corrected chi connectivity index (χ1v) is 24.5. The van der Waals surface area contributed by atoms with Crippen molar-refractivity contribution in [1.29, 1.82) is 0 Å². The molecule has 1 fully saturated rings. The van der Waals surface area contributed by atoms with Crippen molar-refractivity contribution in [1.82, 2.24) is 15.5 Å². The number of methoxy groups -OCH3 is 1. The second-order valence-corrected chi connectivity index (χ2v) is 19.4. The van der Waals surface area contributed by atoms with Crippen molar-refractivity contribution >= 4 is 53.0 Å². The zero-order chi connectivity index (χ0) is 53.6. The number of hydrogen-bond acceptors (Lipinski definition) is 16. The first-order valence-electron chi connectivity index (χ1n) is 24.5. The third-order valence-electron chi connectivity index (χ3n) is 11.2. The van der Waals surface area contributed by atoms with Crippen molar-refractivity contribution in [3.05, 3.63) is 58.0 Å². The summed E-state index contributed by atoms with van der Waals surface area (Å²) in [5.41, 5.74) is 8.00. The largest absolute Gasteiger partial charge is 0.504 e. The highest BCUT2D eigenvalue weighted by molar-refractivity contribution is 6.06. The number of ketones is 1. The molecule has 73 heavy (non-hydrogen) atoms. The Hall–Kier alpha value is -6.68. The number of azide groups is 1. The Morgan fingerprint density at radius 1 is 0.890 bits per heavy atom. The highest BCUT2D eigenvalue weighted by Gasteiger charge is 2.39. The van der Waals surface area contributed by atoms with Gasteiger partial charge in [0, 0.05) is 55.7 Å².